The predicted molar refractivity (Wildman–Crippen MR) is 125 cm³/mol. The maximum Gasteiger partial charge on any atom is 0.419 e. The fourth-order valence-corrected chi connectivity index (χ4v) is 6.27. The van der Waals surface area contributed by atoms with Gasteiger partial charge >= 0.3 is 5.76 Å². The second kappa shape index (κ2) is 8.92. The van der Waals surface area contributed by atoms with Gasteiger partial charge in [-0.25, -0.2) is 13.2 Å². The lowest BCUT2D eigenvalue weighted by Crippen LogP contribution is -2.36. The van der Waals surface area contributed by atoms with Gasteiger partial charge in [-0.05, 0) is 54.7 Å². The number of carbonyl (C=O) groups is 1. The van der Waals surface area contributed by atoms with E-state index in [1.54, 1.807) is 18.1 Å². The Labute approximate surface area is 197 Å². The topological polar surface area (TPSA) is 102 Å². The van der Waals surface area contributed by atoms with Gasteiger partial charge in [0, 0.05) is 45.2 Å². The maximum atomic E-state index is 12.9. The minimum absolute atomic E-state index is 0.0528. The summed E-state index contributed by atoms with van der Waals surface area (Å²) >= 11 is 0. The Morgan fingerprint density at radius 3 is 2.62 bits per heavy atom. The number of sulfonamides is 1. The van der Waals surface area contributed by atoms with Gasteiger partial charge in [-0.15, -0.1) is 0 Å². The van der Waals surface area contributed by atoms with Crippen LogP contribution >= 0.6 is 0 Å². The molecule has 0 unspecified atom stereocenters. The molecule has 0 radical (unpaired) electrons. The van der Waals surface area contributed by atoms with Crippen LogP contribution in [0.3, 0.4) is 0 Å². The van der Waals surface area contributed by atoms with Gasteiger partial charge in [-0.2, -0.15) is 4.31 Å². The first-order valence-electron chi connectivity index (χ1n) is 11.4. The number of methoxy groups -OCH3 is 1. The summed E-state index contributed by atoms with van der Waals surface area (Å²) in [5.74, 6) is 0.103. The Balaban J connectivity index is 1.31. The summed E-state index contributed by atoms with van der Waals surface area (Å²) in [5, 5.41) is 0. The molecule has 34 heavy (non-hydrogen) atoms. The van der Waals surface area contributed by atoms with E-state index in [2.05, 4.69) is 0 Å². The average Bonchev–Trinajstić information content (AvgIpc) is 3.49. The SMILES string of the molecule is COc1ccc2c(c1)CN(C(=O)CCn1c(=O)oc3cc(S(=O)(=O)N4CCCC4)ccc31)CC2. The number of oxazole rings is 1. The summed E-state index contributed by atoms with van der Waals surface area (Å²) in [6, 6.07) is 10.4. The number of nitrogens with zero attached hydrogens (tertiary/aromatic N) is 3. The molecule has 0 bridgehead atoms. The number of fused-ring (bicyclic) bond motifs is 2. The van der Waals surface area contributed by atoms with Crippen molar-refractivity contribution < 1.29 is 22.4 Å². The summed E-state index contributed by atoms with van der Waals surface area (Å²) in [6.07, 6.45) is 2.60. The molecule has 2 aliphatic rings. The van der Waals surface area contributed by atoms with Gasteiger partial charge in [0.2, 0.25) is 15.9 Å². The zero-order valence-electron chi connectivity index (χ0n) is 19.0. The Morgan fingerprint density at radius 2 is 1.85 bits per heavy atom. The number of amides is 1. The normalized spacial score (nSPS) is 16.7. The molecular weight excluding hydrogens is 458 g/mol. The van der Waals surface area contributed by atoms with E-state index in [4.69, 9.17) is 9.15 Å². The Morgan fingerprint density at radius 1 is 1.06 bits per heavy atom. The number of aryl methyl sites for hydroxylation is 1. The molecule has 3 heterocycles. The Hall–Kier alpha value is -3.11. The molecule has 0 N–H and O–H groups in total. The third kappa shape index (κ3) is 4.12. The van der Waals surface area contributed by atoms with Crippen molar-refractivity contribution in [3.8, 4) is 5.75 Å². The molecule has 3 aromatic rings. The molecule has 2 aromatic carbocycles. The van der Waals surface area contributed by atoms with E-state index < -0.39 is 15.8 Å². The van der Waals surface area contributed by atoms with Gasteiger partial charge in [-0.1, -0.05) is 6.07 Å². The summed E-state index contributed by atoms with van der Waals surface area (Å²) in [6.45, 7) is 2.29. The number of benzene rings is 2. The van der Waals surface area contributed by atoms with Crippen LogP contribution in [0.5, 0.6) is 5.75 Å². The van der Waals surface area contributed by atoms with Crippen LogP contribution in [0.1, 0.15) is 30.4 Å². The van der Waals surface area contributed by atoms with Gasteiger partial charge < -0.3 is 14.1 Å². The Bertz CT molecular complexity index is 1400. The molecule has 180 valence electrons. The third-order valence-corrected chi connectivity index (χ3v) is 8.56. The molecule has 0 spiro atoms. The number of aromatic nitrogens is 1. The smallest absolute Gasteiger partial charge is 0.419 e. The van der Waals surface area contributed by atoms with E-state index in [1.807, 2.05) is 18.2 Å². The minimum atomic E-state index is -3.61. The van der Waals surface area contributed by atoms with Gasteiger partial charge in [0.25, 0.3) is 0 Å². The number of hydrogen-bond donors (Lipinski definition) is 0. The first kappa shape index (κ1) is 22.7. The second-order valence-electron chi connectivity index (χ2n) is 8.71. The van der Waals surface area contributed by atoms with Crippen LogP contribution in [-0.4, -0.2) is 54.8 Å². The number of rotatable bonds is 6. The highest BCUT2D eigenvalue weighted by Gasteiger charge is 2.28. The molecule has 0 saturated carbocycles. The highest BCUT2D eigenvalue weighted by atomic mass is 32.2. The zero-order chi connectivity index (χ0) is 23.9. The zero-order valence-corrected chi connectivity index (χ0v) is 19.8. The van der Waals surface area contributed by atoms with Crippen LogP contribution in [0.4, 0.5) is 0 Å². The molecule has 0 aliphatic carbocycles. The monoisotopic (exact) mass is 485 g/mol. The number of ether oxygens (including phenoxy) is 1. The standard InChI is InChI=1S/C24H27N3O6S/c1-32-19-5-4-17-8-12-25(16-18(17)14-19)23(28)9-13-27-21-7-6-20(15-22(21)33-24(27)29)34(30,31)26-10-2-3-11-26/h4-7,14-15H,2-3,8-13,16H2,1H3. The Kier molecular flexibility index (Phi) is 5.95. The summed E-state index contributed by atoms with van der Waals surface area (Å²) in [4.78, 5) is 27.3. The highest BCUT2D eigenvalue weighted by molar-refractivity contribution is 7.89. The van der Waals surface area contributed by atoms with Crippen LogP contribution in [0.15, 0.2) is 50.5 Å². The van der Waals surface area contributed by atoms with Gasteiger partial charge in [0.05, 0.1) is 17.5 Å². The van der Waals surface area contributed by atoms with Crippen LogP contribution in [-0.2, 0) is 34.3 Å². The average molecular weight is 486 g/mol. The molecule has 0 atom stereocenters. The highest BCUT2D eigenvalue weighted by Crippen LogP contribution is 2.26. The number of hydrogen-bond acceptors (Lipinski definition) is 6. The molecule has 5 rings (SSSR count). The maximum absolute atomic E-state index is 12.9. The molecule has 9 nitrogen and oxygen atoms in total. The molecular formula is C24H27N3O6S. The van der Waals surface area contributed by atoms with E-state index in [0.717, 1.165) is 30.6 Å². The van der Waals surface area contributed by atoms with Crippen molar-refractivity contribution in [3.05, 3.63) is 58.1 Å². The first-order chi connectivity index (χ1) is 16.4. The summed E-state index contributed by atoms with van der Waals surface area (Å²) in [7, 11) is -1.99. The molecule has 1 amide bonds. The van der Waals surface area contributed by atoms with Crippen LogP contribution in [0, 0.1) is 0 Å². The second-order valence-corrected chi connectivity index (χ2v) is 10.6. The van der Waals surface area contributed by atoms with Gasteiger partial charge in [0.15, 0.2) is 5.58 Å². The number of carbonyl (C=O) groups excluding carboxylic acids is 1. The van der Waals surface area contributed by atoms with Crippen molar-refractivity contribution in [2.75, 3.05) is 26.7 Å². The molecule has 1 saturated heterocycles. The molecule has 2 aliphatic heterocycles. The fourth-order valence-electron chi connectivity index (χ4n) is 4.74. The lowest BCUT2D eigenvalue weighted by Gasteiger charge is -2.29. The summed E-state index contributed by atoms with van der Waals surface area (Å²) in [5.41, 5.74) is 2.96. The molecule has 1 aromatic heterocycles. The van der Waals surface area contributed by atoms with Crippen LogP contribution < -0.4 is 10.5 Å². The molecule has 1 fully saturated rings. The van der Waals surface area contributed by atoms with E-state index in [1.165, 1.54) is 26.6 Å². The quantitative estimate of drug-likeness (QED) is 0.531. The van der Waals surface area contributed by atoms with E-state index in [0.29, 0.717) is 31.7 Å². The van der Waals surface area contributed by atoms with E-state index in [9.17, 15) is 18.0 Å². The molecule has 10 heteroatoms. The first-order valence-corrected chi connectivity index (χ1v) is 12.9. The van der Waals surface area contributed by atoms with Gasteiger partial charge in [-0.3, -0.25) is 9.36 Å². The lowest BCUT2D eigenvalue weighted by molar-refractivity contribution is -0.132. The summed E-state index contributed by atoms with van der Waals surface area (Å²) < 4.78 is 39.1. The van der Waals surface area contributed by atoms with Crippen molar-refractivity contribution in [2.24, 2.45) is 0 Å². The van der Waals surface area contributed by atoms with Crippen molar-refractivity contribution in [2.45, 2.75) is 43.7 Å². The largest absolute Gasteiger partial charge is 0.497 e. The lowest BCUT2D eigenvalue weighted by atomic mass is 9.99. The van der Waals surface area contributed by atoms with Crippen molar-refractivity contribution in [1.29, 1.82) is 0 Å². The fraction of sp³-hybridized carbons (Fsp3) is 0.417. The van der Waals surface area contributed by atoms with Crippen molar-refractivity contribution >= 4 is 27.0 Å². The predicted octanol–water partition coefficient (Wildman–Crippen LogP) is 2.36. The van der Waals surface area contributed by atoms with E-state index in [-0.39, 0.29) is 29.4 Å². The van der Waals surface area contributed by atoms with Crippen molar-refractivity contribution in [3.63, 3.8) is 0 Å². The minimum Gasteiger partial charge on any atom is -0.497 e. The van der Waals surface area contributed by atoms with Gasteiger partial charge in [0.1, 0.15) is 5.75 Å². The van der Waals surface area contributed by atoms with Crippen LogP contribution in [0.2, 0.25) is 0 Å². The van der Waals surface area contributed by atoms with Crippen LogP contribution in [0.25, 0.3) is 11.1 Å². The van der Waals surface area contributed by atoms with Crippen molar-refractivity contribution in [1.82, 2.24) is 13.8 Å². The van der Waals surface area contributed by atoms with E-state index >= 15 is 0 Å². The third-order valence-electron chi connectivity index (χ3n) is 6.67.